The number of amides is 2. The molecule has 2 heterocycles. The van der Waals surface area contributed by atoms with Gasteiger partial charge >= 0.3 is 0 Å². The summed E-state index contributed by atoms with van der Waals surface area (Å²) in [4.78, 5) is 29.8. The molecule has 1 spiro atoms. The van der Waals surface area contributed by atoms with E-state index in [9.17, 15) is 13.8 Å². The molecule has 0 saturated heterocycles. The number of anilines is 1. The third-order valence-corrected chi connectivity index (χ3v) is 13.3. The van der Waals surface area contributed by atoms with E-state index in [-0.39, 0.29) is 28.8 Å². The van der Waals surface area contributed by atoms with Gasteiger partial charge in [-0.3, -0.25) is 14.3 Å². The molecule has 1 N–H and O–H groups in total. The maximum Gasteiger partial charge on any atom is 0.286 e. The summed E-state index contributed by atoms with van der Waals surface area (Å²) in [6.45, 7) is 3.94. The molecular formula is C40H46ClN3O6S. The number of nitrogens with zero attached hydrogens (tertiary/aromatic N) is 2. The number of methoxy groups -OCH3 is 2. The van der Waals surface area contributed by atoms with Gasteiger partial charge in [-0.1, -0.05) is 36.7 Å². The molecule has 2 bridgehead atoms. The molecule has 6 atom stereocenters. The first kappa shape index (κ1) is 35.5. The topological polar surface area (TPSA) is 107 Å². The number of hydrogen-bond donors (Lipinski definition) is 1. The highest BCUT2D eigenvalue weighted by Crippen LogP contribution is 2.47. The van der Waals surface area contributed by atoms with Crippen LogP contribution in [0.25, 0.3) is 0 Å². The minimum absolute atomic E-state index is 0.000793. The zero-order valence-electron chi connectivity index (χ0n) is 29.4. The van der Waals surface area contributed by atoms with Gasteiger partial charge in [0.05, 0.1) is 31.3 Å². The van der Waals surface area contributed by atoms with Crippen molar-refractivity contribution in [3.05, 3.63) is 100 Å². The predicted octanol–water partition coefficient (Wildman–Crippen LogP) is 7.41. The molecule has 3 aromatic carbocycles. The second-order valence-electron chi connectivity index (χ2n) is 14.6. The van der Waals surface area contributed by atoms with Crippen molar-refractivity contribution < 1.29 is 28.0 Å². The smallest absolute Gasteiger partial charge is 0.286 e. The van der Waals surface area contributed by atoms with Crippen LogP contribution in [0.4, 0.5) is 5.69 Å². The first-order chi connectivity index (χ1) is 24.6. The standard InChI is InChI=1S/C40H46ClN3O6S/c1-26-6-4-8-36(49-3)33-16-11-30(33)22-44-24-40(19-5-7-28-20-31(41)13-17-34(28)40)25-50-37-18-12-29(21-35(37)44)39(46)43-51(47,23-26)42-38(45)27-9-14-32(48-2)15-10-27/h4,8-10,12-15,17-18,20-21,26,30,33,36H,5-7,11,16,19,22-25H2,1-3H3,(H,42,43,45,46,47)/b8-4-/t26-,30-,33+,36-,40-,51?/m0/s1. The Morgan fingerprint density at radius 2 is 1.92 bits per heavy atom. The predicted molar refractivity (Wildman–Crippen MR) is 200 cm³/mol. The Hall–Kier alpha value is -3.86. The van der Waals surface area contributed by atoms with E-state index >= 15 is 0 Å². The quantitative estimate of drug-likeness (QED) is 0.279. The van der Waals surface area contributed by atoms with E-state index in [1.807, 2.05) is 25.1 Å². The number of allylic oxidation sites excluding steroid dienone is 1. The Kier molecular flexibility index (Phi) is 10.2. The minimum Gasteiger partial charge on any atom is -0.497 e. The number of rotatable bonds is 4. The van der Waals surface area contributed by atoms with E-state index in [0.717, 1.165) is 49.4 Å². The molecule has 0 radical (unpaired) electrons. The highest BCUT2D eigenvalue weighted by molar-refractivity contribution is 7.92. The molecule has 11 heteroatoms. The van der Waals surface area contributed by atoms with Gasteiger partial charge in [0.25, 0.3) is 11.8 Å². The second-order valence-corrected chi connectivity index (χ2v) is 17.1. The van der Waals surface area contributed by atoms with Crippen LogP contribution in [-0.4, -0.2) is 61.8 Å². The van der Waals surface area contributed by atoms with Gasteiger partial charge in [-0.05, 0) is 122 Å². The average Bonchev–Trinajstić information content (AvgIpc) is 3.25. The lowest BCUT2D eigenvalue weighted by atomic mass is 9.68. The Morgan fingerprint density at radius 3 is 2.67 bits per heavy atom. The van der Waals surface area contributed by atoms with Crippen molar-refractivity contribution in [2.45, 2.75) is 57.0 Å². The Balaban J connectivity index is 1.29. The first-order valence-corrected chi connectivity index (χ1v) is 19.9. The van der Waals surface area contributed by atoms with Crippen molar-refractivity contribution in [1.82, 2.24) is 4.72 Å². The van der Waals surface area contributed by atoms with Crippen LogP contribution in [-0.2, 0) is 26.5 Å². The van der Waals surface area contributed by atoms with Crippen molar-refractivity contribution in [3.8, 4) is 11.5 Å². The van der Waals surface area contributed by atoms with Crippen molar-refractivity contribution in [2.75, 3.05) is 44.6 Å². The van der Waals surface area contributed by atoms with E-state index in [1.54, 1.807) is 44.6 Å². The second kappa shape index (κ2) is 14.6. The first-order valence-electron chi connectivity index (χ1n) is 17.8. The molecule has 3 aromatic rings. The maximum atomic E-state index is 14.5. The molecule has 1 fully saturated rings. The highest BCUT2D eigenvalue weighted by Gasteiger charge is 2.44. The number of fused-ring (bicyclic) bond motifs is 4. The van der Waals surface area contributed by atoms with Crippen LogP contribution in [0.2, 0.25) is 5.02 Å². The van der Waals surface area contributed by atoms with E-state index in [4.69, 9.17) is 25.8 Å². The third-order valence-electron chi connectivity index (χ3n) is 11.1. The molecule has 2 amide bonds. The van der Waals surface area contributed by atoms with Crippen molar-refractivity contribution in [1.29, 1.82) is 0 Å². The van der Waals surface area contributed by atoms with Gasteiger partial charge < -0.3 is 19.1 Å². The zero-order valence-corrected chi connectivity index (χ0v) is 31.0. The summed E-state index contributed by atoms with van der Waals surface area (Å²) in [7, 11) is -0.227. The summed E-state index contributed by atoms with van der Waals surface area (Å²) in [5, 5.41) is 0.739. The third kappa shape index (κ3) is 7.41. The maximum absolute atomic E-state index is 14.5. The van der Waals surface area contributed by atoms with Gasteiger partial charge in [0.2, 0.25) is 0 Å². The molecule has 1 unspecified atom stereocenters. The summed E-state index contributed by atoms with van der Waals surface area (Å²) in [5.41, 5.74) is 3.67. The van der Waals surface area contributed by atoms with Crippen LogP contribution in [0.15, 0.2) is 77.2 Å². The Labute approximate surface area is 306 Å². The average molecular weight is 732 g/mol. The molecule has 270 valence electrons. The van der Waals surface area contributed by atoms with Crippen LogP contribution in [0.3, 0.4) is 0 Å². The lowest BCUT2D eigenvalue weighted by Crippen LogP contribution is -2.49. The van der Waals surface area contributed by atoms with Crippen LogP contribution in [0.5, 0.6) is 11.5 Å². The van der Waals surface area contributed by atoms with E-state index < -0.39 is 21.7 Å². The molecule has 7 rings (SSSR count). The molecular weight excluding hydrogens is 686 g/mol. The summed E-state index contributed by atoms with van der Waals surface area (Å²) in [6.07, 6.45) is 9.86. The van der Waals surface area contributed by atoms with Gasteiger partial charge in [-0.25, -0.2) is 4.21 Å². The van der Waals surface area contributed by atoms with Crippen molar-refractivity contribution in [2.24, 2.45) is 22.1 Å². The van der Waals surface area contributed by atoms with E-state index in [2.05, 4.69) is 38.3 Å². The van der Waals surface area contributed by atoms with Crippen LogP contribution < -0.4 is 19.1 Å². The highest BCUT2D eigenvalue weighted by atomic mass is 35.5. The summed E-state index contributed by atoms with van der Waals surface area (Å²) >= 11 is 6.46. The molecule has 4 aliphatic rings. The number of hydrogen-bond acceptors (Lipinski definition) is 7. The van der Waals surface area contributed by atoms with Crippen molar-refractivity contribution in [3.63, 3.8) is 0 Å². The van der Waals surface area contributed by atoms with E-state index in [0.29, 0.717) is 48.5 Å². The Morgan fingerprint density at radius 1 is 1.10 bits per heavy atom. The number of carbonyl (C=O) groups excluding carboxylic acids is 2. The normalized spacial score (nSPS) is 29.6. The summed E-state index contributed by atoms with van der Waals surface area (Å²) in [6, 6.07) is 18.1. The van der Waals surface area contributed by atoms with Gasteiger partial charge in [-0.2, -0.15) is 0 Å². The Bertz CT molecular complexity index is 1960. The van der Waals surface area contributed by atoms with Gasteiger partial charge in [0.1, 0.15) is 21.4 Å². The fourth-order valence-corrected chi connectivity index (χ4v) is 10.4. The lowest BCUT2D eigenvalue weighted by molar-refractivity contribution is 0.0131. The largest absolute Gasteiger partial charge is 0.497 e. The summed E-state index contributed by atoms with van der Waals surface area (Å²) < 4.78 is 39.4. The van der Waals surface area contributed by atoms with Gasteiger partial charge in [0, 0.05) is 41.8 Å². The summed E-state index contributed by atoms with van der Waals surface area (Å²) in [5.74, 6) is 0.642. The number of benzene rings is 3. The molecule has 9 nitrogen and oxygen atoms in total. The van der Waals surface area contributed by atoms with Gasteiger partial charge in [0.15, 0.2) is 0 Å². The number of ether oxygens (including phenoxy) is 3. The zero-order chi connectivity index (χ0) is 35.8. The number of nitrogens with one attached hydrogen (secondary N) is 1. The molecule has 2 aliphatic heterocycles. The van der Waals surface area contributed by atoms with Crippen LogP contribution >= 0.6 is 11.6 Å². The molecule has 1 saturated carbocycles. The fraction of sp³-hybridized carbons (Fsp3) is 0.450. The lowest BCUT2D eigenvalue weighted by Gasteiger charge is -2.46. The van der Waals surface area contributed by atoms with E-state index in [1.165, 1.54) is 11.1 Å². The minimum atomic E-state index is -3.53. The SMILES string of the molecule is COc1ccc(C(=O)NS2(=O)=NC(=O)c3ccc4c(c3)N(C[C@@H]3CC[C@H]3[C@@H](OC)/C=C\C[C@H](C)C2)C[C@@]2(CCCc3cc(Cl)ccc32)CO4)cc1. The number of aryl methyl sites for hydroxylation is 1. The molecule has 2 aliphatic carbocycles. The molecule has 51 heavy (non-hydrogen) atoms. The van der Waals surface area contributed by atoms with Crippen LogP contribution in [0.1, 0.15) is 70.9 Å². The van der Waals surface area contributed by atoms with Gasteiger partial charge in [-0.15, -0.1) is 4.36 Å². The van der Waals surface area contributed by atoms with Crippen LogP contribution in [0, 0.1) is 17.8 Å². The molecule has 0 aromatic heterocycles. The van der Waals surface area contributed by atoms with Crippen molar-refractivity contribution >= 4 is 39.0 Å². The number of halogens is 1. The monoisotopic (exact) mass is 731 g/mol. The number of carbonyl (C=O) groups is 2. The fourth-order valence-electron chi connectivity index (χ4n) is 8.31.